The van der Waals surface area contributed by atoms with E-state index in [9.17, 15) is 10.5 Å². The first-order chi connectivity index (χ1) is 19.7. The van der Waals surface area contributed by atoms with E-state index in [4.69, 9.17) is 0 Å². The molecule has 12 bridgehead atoms. The molecular formula is C34H28N6. The Morgan fingerprint density at radius 2 is 0.850 bits per heavy atom. The third-order valence-electron chi connectivity index (χ3n) is 8.78. The van der Waals surface area contributed by atoms with Crippen LogP contribution in [0.1, 0.15) is 35.1 Å². The van der Waals surface area contributed by atoms with E-state index in [1.54, 1.807) is 0 Å². The van der Waals surface area contributed by atoms with Crippen molar-refractivity contribution >= 4 is 43.6 Å². The second kappa shape index (κ2) is 8.79. The number of aryl methyl sites for hydroxylation is 2. The predicted molar refractivity (Wildman–Crippen MR) is 158 cm³/mol. The molecule has 4 aliphatic heterocycles. The highest BCUT2D eigenvalue weighted by Gasteiger charge is 2.18. The van der Waals surface area contributed by atoms with Crippen LogP contribution in [-0.2, 0) is 39.3 Å². The fraction of sp³-hybridized carbons (Fsp3) is 0.235. The molecule has 10 rings (SSSR count). The van der Waals surface area contributed by atoms with Crippen LogP contribution in [0, 0.1) is 22.9 Å². The molecule has 0 saturated carbocycles. The van der Waals surface area contributed by atoms with E-state index in [2.05, 4.69) is 94.3 Å². The fourth-order valence-electron chi connectivity index (χ4n) is 6.93. The van der Waals surface area contributed by atoms with E-state index in [1.807, 2.05) is 9.80 Å². The van der Waals surface area contributed by atoms with Gasteiger partial charge >= 0.3 is 0 Å². The van der Waals surface area contributed by atoms with Crippen LogP contribution >= 0.6 is 0 Å². The van der Waals surface area contributed by atoms with Gasteiger partial charge in [-0.15, -0.1) is 0 Å². The van der Waals surface area contributed by atoms with Crippen molar-refractivity contribution in [3.05, 3.63) is 95.1 Å². The van der Waals surface area contributed by atoms with E-state index in [0.29, 0.717) is 26.2 Å². The van der Waals surface area contributed by atoms with Crippen LogP contribution in [0.2, 0.25) is 0 Å². The summed E-state index contributed by atoms with van der Waals surface area (Å²) in [6, 6.07) is 26.7. The normalized spacial score (nSPS) is 15.6. The van der Waals surface area contributed by atoms with Gasteiger partial charge in [-0.3, -0.25) is 0 Å². The number of nitriles is 2. The molecule has 0 saturated heterocycles. The number of benzene rings is 4. The molecule has 0 unspecified atom stereocenters. The second-order valence-electron chi connectivity index (χ2n) is 11.3. The Balaban J connectivity index is 1.43. The molecule has 0 amide bonds. The van der Waals surface area contributed by atoms with Crippen molar-refractivity contribution in [2.75, 3.05) is 0 Å². The average Bonchev–Trinajstić information content (AvgIpc) is 3.44. The molecule has 0 radical (unpaired) electrons. The third-order valence-corrected chi connectivity index (χ3v) is 8.78. The summed E-state index contributed by atoms with van der Waals surface area (Å²) in [5.74, 6) is 0. The van der Waals surface area contributed by atoms with Gasteiger partial charge in [0.15, 0.2) is 12.4 Å². The number of aromatic nitrogens is 2. The van der Waals surface area contributed by atoms with E-state index >= 15 is 0 Å². The second-order valence-corrected chi connectivity index (χ2v) is 11.3. The minimum atomic E-state index is 0.561. The lowest BCUT2D eigenvalue weighted by atomic mass is 10.1. The standard InChI is InChI=1S/C34H28N6/c35-21-37-17-23-5-9-31-29(13-23)30-14-24-6-10-32(30)39(31)11-1-2-12-40-33-15-25(19-37)3-7-27(33)28-8-4-26(16-34(28)40)20-38(18-24)22-36/h3-10,13-16H,1-2,11-12,17-20H2. The van der Waals surface area contributed by atoms with E-state index in [-0.39, 0.29) is 0 Å². The Hall–Kier alpha value is -4.94. The summed E-state index contributed by atoms with van der Waals surface area (Å²) in [5, 5.41) is 25.1. The van der Waals surface area contributed by atoms with Gasteiger partial charge in [-0.1, -0.05) is 36.4 Å². The quantitative estimate of drug-likeness (QED) is 0.203. The zero-order valence-corrected chi connectivity index (χ0v) is 22.3. The van der Waals surface area contributed by atoms with Crippen LogP contribution in [0.5, 0.6) is 0 Å². The van der Waals surface area contributed by atoms with Crippen LogP contribution < -0.4 is 0 Å². The van der Waals surface area contributed by atoms with Crippen molar-refractivity contribution in [3.63, 3.8) is 0 Å². The molecule has 6 heterocycles. The highest BCUT2D eigenvalue weighted by molar-refractivity contribution is 6.09. The molecule has 6 aromatic rings. The summed E-state index contributed by atoms with van der Waals surface area (Å²) in [4.78, 5) is 3.70. The molecular weight excluding hydrogens is 492 g/mol. The molecule has 0 aliphatic carbocycles. The van der Waals surface area contributed by atoms with Crippen LogP contribution in [0.15, 0.2) is 72.8 Å². The van der Waals surface area contributed by atoms with Gasteiger partial charge in [0.1, 0.15) is 0 Å². The fourth-order valence-corrected chi connectivity index (χ4v) is 6.93. The first-order valence-corrected chi connectivity index (χ1v) is 14.1. The van der Waals surface area contributed by atoms with Crippen molar-refractivity contribution in [1.29, 1.82) is 10.5 Å². The van der Waals surface area contributed by atoms with E-state index in [1.165, 1.54) is 43.6 Å². The highest BCUT2D eigenvalue weighted by atomic mass is 15.1. The lowest BCUT2D eigenvalue weighted by Crippen LogP contribution is -2.16. The van der Waals surface area contributed by atoms with Gasteiger partial charge in [0.25, 0.3) is 0 Å². The molecule has 6 heteroatoms. The maximum atomic E-state index is 10.1. The highest BCUT2D eigenvalue weighted by Crippen LogP contribution is 2.35. The van der Waals surface area contributed by atoms with Gasteiger partial charge in [0, 0.05) is 56.7 Å². The zero-order valence-electron chi connectivity index (χ0n) is 22.3. The monoisotopic (exact) mass is 520 g/mol. The minimum Gasteiger partial charge on any atom is -0.340 e. The van der Waals surface area contributed by atoms with Crippen molar-refractivity contribution in [2.45, 2.75) is 52.1 Å². The Kier molecular flexibility index (Phi) is 5.06. The molecule has 4 aliphatic rings. The third kappa shape index (κ3) is 3.53. The Morgan fingerprint density at radius 3 is 1.30 bits per heavy atom. The lowest BCUT2D eigenvalue weighted by Gasteiger charge is -2.17. The van der Waals surface area contributed by atoms with Gasteiger partial charge in [0.2, 0.25) is 0 Å². The molecule has 4 aromatic carbocycles. The Morgan fingerprint density at radius 1 is 0.450 bits per heavy atom. The molecule has 6 nitrogen and oxygen atoms in total. The molecule has 194 valence electrons. The summed E-state index contributed by atoms with van der Waals surface area (Å²) in [6.07, 6.45) is 7.02. The van der Waals surface area contributed by atoms with Crippen molar-refractivity contribution in [2.24, 2.45) is 0 Å². The topological polar surface area (TPSA) is 63.9 Å². The largest absolute Gasteiger partial charge is 0.340 e. The van der Waals surface area contributed by atoms with E-state index < -0.39 is 0 Å². The van der Waals surface area contributed by atoms with Crippen LogP contribution in [0.4, 0.5) is 0 Å². The SMILES string of the molecule is N#CN1Cc2ccc3c(c2)c2cc4ccc2n3CCCCn2c3cc(ccc3c3ccc(cc32)CN(C#N)C4)C1. The Bertz CT molecular complexity index is 1920. The lowest BCUT2D eigenvalue weighted by molar-refractivity contribution is 0.379. The number of hydrogen-bond donors (Lipinski definition) is 0. The summed E-state index contributed by atoms with van der Waals surface area (Å²) < 4.78 is 4.92. The molecule has 0 spiro atoms. The number of nitrogens with zero attached hydrogens (tertiary/aromatic N) is 6. The van der Waals surface area contributed by atoms with Gasteiger partial charge in [-0.25, -0.2) is 0 Å². The maximum Gasteiger partial charge on any atom is 0.179 e. The molecule has 40 heavy (non-hydrogen) atoms. The number of rotatable bonds is 0. The van der Waals surface area contributed by atoms with E-state index in [0.717, 1.165) is 48.2 Å². The molecule has 0 atom stereocenters. The van der Waals surface area contributed by atoms with Crippen LogP contribution in [-0.4, -0.2) is 18.9 Å². The molecule has 0 fully saturated rings. The van der Waals surface area contributed by atoms with Gasteiger partial charge in [-0.05, 0) is 71.5 Å². The summed E-state index contributed by atoms with van der Waals surface area (Å²) in [5.41, 5.74) is 9.44. The average molecular weight is 521 g/mol. The maximum absolute atomic E-state index is 10.1. The van der Waals surface area contributed by atoms with Crippen molar-refractivity contribution in [1.82, 2.24) is 18.9 Å². The first-order valence-electron chi connectivity index (χ1n) is 14.1. The number of hydrogen-bond acceptors (Lipinski definition) is 4. The minimum absolute atomic E-state index is 0.561. The first kappa shape index (κ1) is 23.0. The predicted octanol–water partition coefficient (Wildman–Crippen LogP) is 6.98. The van der Waals surface area contributed by atoms with Crippen molar-refractivity contribution < 1.29 is 0 Å². The Labute approximate surface area is 232 Å². The summed E-state index contributed by atoms with van der Waals surface area (Å²) in [7, 11) is 0. The van der Waals surface area contributed by atoms with Crippen LogP contribution in [0.25, 0.3) is 43.6 Å². The molecule has 0 N–H and O–H groups in total. The van der Waals surface area contributed by atoms with Crippen molar-refractivity contribution in [3.8, 4) is 12.4 Å². The summed E-state index contributed by atoms with van der Waals surface area (Å²) >= 11 is 0. The smallest absolute Gasteiger partial charge is 0.179 e. The number of fused-ring (bicyclic) bond motifs is 7. The van der Waals surface area contributed by atoms with Gasteiger partial charge < -0.3 is 18.9 Å². The van der Waals surface area contributed by atoms with Gasteiger partial charge in [0.05, 0.1) is 26.2 Å². The van der Waals surface area contributed by atoms with Crippen LogP contribution in [0.3, 0.4) is 0 Å². The molecule has 2 aromatic heterocycles. The van der Waals surface area contributed by atoms with Gasteiger partial charge in [-0.2, -0.15) is 10.5 Å². The summed E-state index contributed by atoms with van der Waals surface area (Å²) in [6.45, 7) is 4.13. The zero-order chi connectivity index (χ0) is 26.8.